The van der Waals surface area contributed by atoms with E-state index in [1.807, 2.05) is 36.9 Å². The summed E-state index contributed by atoms with van der Waals surface area (Å²) in [7, 11) is 0. The highest BCUT2D eigenvalue weighted by Gasteiger charge is 2.23. The van der Waals surface area contributed by atoms with Crippen molar-refractivity contribution in [2.45, 2.75) is 26.7 Å². The molecule has 0 radical (unpaired) electrons. The summed E-state index contributed by atoms with van der Waals surface area (Å²) in [5.74, 6) is 1.07. The molecule has 0 atom stereocenters. The number of piperazine rings is 1. The van der Waals surface area contributed by atoms with Crippen LogP contribution < -0.4 is 10.6 Å². The fourth-order valence-corrected chi connectivity index (χ4v) is 3.90. The number of benzene rings is 1. The lowest BCUT2D eigenvalue weighted by Gasteiger charge is -2.36. The minimum Gasteiger partial charge on any atom is -0.506 e. The Balaban J connectivity index is 1.39. The number of para-hydroxylation sites is 2. The first-order chi connectivity index (χ1) is 13.9. The number of carbonyl (C=O) groups excluding carboxylic acids is 1. The van der Waals surface area contributed by atoms with Crippen LogP contribution in [0, 0.1) is 13.8 Å². The van der Waals surface area contributed by atoms with Gasteiger partial charge in [0.2, 0.25) is 11.9 Å². The average Bonchev–Trinajstić information content (AvgIpc) is 3.08. The van der Waals surface area contributed by atoms with E-state index in [0.717, 1.165) is 22.6 Å². The molecule has 152 valence electrons. The Labute approximate surface area is 168 Å². The standard InChI is InChI=1S/C20H25N7O2/c1-13-15(14(2)27-20(22-13)23-19(21)24-27)7-8-18(29)26-11-9-25(10-12-26)16-5-3-4-6-17(16)28/h3-6,28H,7-12H2,1-2H3,(H2,21,24). The van der Waals surface area contributed by atoms with Gasteiger partial charge in [0.1, 0.15) is 5.75 Å². The van der Waals surface area contributed by atoms with Gasteiger partial charge in [-0.15, -0.1) is 5.10 Å². The maximum absolute atomic E-state index is 12.8. The highest BCUT2D eigenvalue weighted by atomic mass is 16.3. The molecule has 3 N–H and O–H groups in total. The van der Waals surface area contributed by atoms with Gasteiger partial charge in [0.25, 0.3) is 5.78 Å². The number of nitrogens with zero attached hydrogens (tertiary/aromatic N) is 6. The van der Waals surface area contributed by atoms with Crippen LogP contribution >= 0.6 is 0 Å². The number of anilines is 2. The molecule has 1 aliphatic rings. The van der Waals surface area contributed by atoms with Crippen molar-refractivity contribution in [3.63, 3.8) is 0 Å². The summed E-state index contributed by atoms with van der Waals surface area (Å²) in [6, 6.07) is 7.30. The Morgan fingerprint density at radius 1 is 1.14 bits per heavy atom. The smallest absolute Gasteiger partial charge is 0.254 e. The van der Waals surface area contributed by atoms with Crippen LogP contribution in [0.1, 0.15) is 23.4 Å². The van der Waals surface area contributed by atoms with Gasteiger partial charge in [-0.3, -0.25) is 4.79 Å². The number of rotatable bonds is 4. The van der Waals surface area contributed by atoms with Crippen molar-refractivity contribution < 1.29 is 9.90 Å². The third-order valence-electron chi connectivity index (χ3n) is 5.51. The summed E-state index contributed by atoms with van der Waals surface area (Å²) in [6.07, 6.45) is 1.01. The lowest BCUT2D eigenvalue weighted by molar-refractivity contribution is -0.131. The quantitative estimate of drug-likeness (QED) is 0.685. The lowest BCUT2D eigenvalue weighted by atomic mass is 10.1. The van der Waals surface area contributed by atoms with Crippen molar-refractivity contribution in [1.82, 2.24) is 24.5 Å². The van der Waals surface area contributed by atoms with Gasteiger partial charge in [0.15, 0.2) is 0 Å². The Morgan fingerprint density at radius 2 is 1.86 bits per heavy atom. The molecule has 0 bridgehead atoms. The van der Waals surface area contributed by atoms with Gasteiger partial charge in [0.05, 0.1) is 5.69 Å². The molecule has 2 aromatic heterocycles. The fourth-order valence-electron chi connectivity index (χ4n) is 3.90. The monoisotopic (exact) mass is 395 g/mol. The van der Waals surface area contributed by atoms with E-state index in [1.165, 1.54) is 0 Å². The Kier molecular flexibility index (Phi) is 4.96. The number of aryl methyl sites for hydroxylation is 2. The van der Waals surface area contributed by atoms with Crippen LogP contribution in [0.25, 0.3) is 5.78 Å². The molecule has 1 fully saturated rings. The first-order valence-corrected chi connectivity index (χ1v) is 9.73. The Morgan fingerprint density at radius 3 is 2.59 bits per heavy atom. The number of nitrogens with two attached hydrogens (primary N) is 1. The summed E-state index contributed by atoms with van der Waals surface area (Å²) < 4.78 is 1.63. The molecular formula is C20H25N7O2. The van der Waals surface area contributed by atoms with E-state index < -0.39 is 0 Å². The predicted molar refractivity (Wildman–Crippen MR) is 110 cm³/mol. The minimum absolute atomic E-state index is 0.124. The first kappa shape index (κ1) is 19.0. The molecule has 29 heavy (non-hydrogen) atoms. The van der Waals surface area contributed by atoms with E-state index >= 15 is 0 Å². The van der Waals surface area contributed by atoms with E-state index in [9.17, 15) is 9.90 Å². The van der Waals surface area contributed by atoms with Crippen LogP contribution in [0.3, 0.4) is 0 Å². The first-order valence-electron chi connectivity index (χ1n) is 9.73. The van der Waals surface area contributed by atoms with E-state index in [2.05, 4.69) is 20.0 Å². The van der Waals surface area contributed by atoms with Gasteiger partial charge in [-0.25, -0.2) is 4.98 Å². The number of amides is 1. The molecule has 1 saturated heterocycles. The molecule has 1 aliphatic heterocycles. The summed E-state index contributed by atoms with van der Waals surface area (Å²) in [6.45, 7) is 6.55. The molecule has 0 aliphatic carbocycles. The van der Waals surface area contributed by atoms with Crippen LogP contribution in [-0.4, -0.2) is 61.7 Å². The third-order valence-corrected chi connectivity index (χ3v) is 5.51. The SMILES string of the molecule is Cc1nc2nc(N)nn2c(C)c1CCC(=O)N1CCN(c2ccccc2O)CC1. The maximum Gasteiger partial charge on any atom is 0.254 e. The van der Waals surface area contributed by atoms with Gasteiger partial charge < -0.3 is 20.6 Å². The van der Waals surface area contributed by atoms with Crippen molar-refractivity contribution in [3.05, 3.63) is 41.2 Å². The maximum atomic E-state index is 12.8. The van der Waals surface area contributed by atoms with Gasteiger partial charge in [-0.1, -0.05) is 12.1 Å². The summed E-state index contributed by atoms with van der Waals surface area (Å²) in [5.41, 5.74) is 9.26. The predicted octanol–water partition coefficient (Wildman–Crippen LogP) is 1.31. The molecule has 3 aromatic rings. The summed E-state index contributed by atoms with van der Waals surface area (Å²) in [4.78, 5) is 25.3. The zero-order valence-electron chi connectivity index (χ0n) is 16.7. The zero-order chi connectivity index (χ0) is 20.5. The molecule has 0 unspecified atom stereocenters. The number of hydrogen-bond donors (Lipinski definition) is 2. The number of phenolic OH excluding ortho intramolecular Hbond substituents is 1. The topological polar surface area (TPSA) is 113 Å². The number of aromatic hydroxyl groups is 1. The second kappa shape index (κ2) is 7.57. The van der Waals surface area contributed by atoms with Gasteiger partial charge in [-0.05, 0) is 38.0 Å². The van der Waals surface area contributed by atoms with Gasteiger partial charge in [0, 0.05) is 44.0 Å². The van der Waals surface area contributed by atoms with Crippen molar-refractivity contribution in [2.24, 2.45) is 0 Å². The number of nitrogen functional groups attached to an aromatic ring is 1. The molecule has 1 amide bonds. The highest BCUT2D eigenvalue weighted by molar-refractivity contribution is 5.77. The van der Waals surface area contributed by atoms with Gasteiger partial charge in [-0.2, -0.15) is 9.50 Å². The Hall–Kier alpha value is -3.36. The summed E-state index contributed by atoms with van der Waals surface area (Å²) in [5, 5.41) is 14.2. The van der Waals surface area contributed by atoms with E-state index in [1.54, 1.807) is 10.6 Å². The molecule has 0 spiro atoms. The lowest BCUT2D eigenvalue weighted by Crippen LogP contribution is -2.48. The normalized spacial score (nSPS) is 14.6. The van der Waals surface area contributed by atoms with Gasteiger partial charge >= 0.3 is 0 Å². The van der Waals surface area contributed by atoms with Crippen LogP contribution in [-0.2, 0) is 11.2 Å². The minimum atomic E-state index is 0.124. The second-order valence-corrected chi connectivity index (χ2v) is 7.30. The van der Waals surface area contributed by atoms with Crippen LogP contribution in [0.5, 0.6) is 5.75 Å². The largest absolute Gasteiger partial charge is 0.506 e. The number of hydrogen-bond acceptors (Lipinski definition) is 7. The average molecular weight is 395 g/mol. The Bertz CT molecular complexity index is 1050. The molecular weight excluding hydrogens is 370 g/mol. The second-order valence-electron chi connectivity index (χ2n) is 7.30. The summed E-state index contributed by atoms with van der Waals surface area (Å²) >= 11 is 0. The van der Waals surface area contributed by atoms with Crippen molar-refractivity contribution in [2.75, 3.05) is 36.8 Å². The van der Waals surface area contributed by atoms with Crippen LogP contribution in [0.4, 0.5) is 11.6 Å². The van der Waals surface area contributed by atoms with Crippen molar-refractivity contribution >= 4 is 23.3 Å². The third kappa shape index (κ3) is 3.67. The molecule has 3 heterocycles. The molecule has 9 heteroatoms. The van der Waals surface area contributed by atoms with Crippen LogP contribution in [0.2, 0.25) is 0 Å². The number of phenols is 1. The van der Waals surface area contributed by atoms with E-state index in [-0.39, 0.29) is 17.6 Å². The van der Waals surface area contributed by atoms with Crippen molar-refractivity contribution in [1.29, 1.82) is 0 Å². The molecule has 1 aromatic carbocycles. The van der Waals surface area contributed by atoms with Crippen LogP contribution in [0.15, 0.2) is 24.3 Å². The fraction of sp³-hybridized carbons (Fsp3) is 0.400. The van der Waals surface area contributed by atoms with E-state index in [4.69, 9.17) is 5.73 Å². The molecule has 4 rings (SSSR count). The molecule has 0 saturated carbocycles. The van der Waals surface area contributed by atoms with Crippen molar-refractivity contribution in [3.8, 4) is 5.75 Å². The molecule has 9 nitrogen and oxygen atoms in total. The number of aromatic nitrogens is 4. The van der Waals surface area contributed by atoms with E-state index in [0.29, 0.717) is 44.8 Å². The highest BCUT2D eigenvalue weighted by Crippen LogP contribution is 2.27. The number of fused-ring (bicyclic) bond motifs is 1. The number of carbonyl (C=O) groups is 1. The zero-order valence-corrected chi connectivity index (χ0v) is 16.7.